The maximum absolute atomic E-state index is 8.73. The van der Waals surface area contributed by atoms with Crippen molar-refractivity contribution in [2.45, 2.75) is 32.4 Å². The van der Waals surface area contributed by atoms with E-state index in [1.807, 2.05) is 12.2 Å². The highest BCUT2D eigenvalue weighted by molar-refractivity contribution is 5.93. The van der Waals surface area contributed by atoms with Crippen molar-refractivity contribution in [3.63, 3.8) is 0 Å². The molecule has 0 aromatic carbocycles. The molecule has 0 aromatic rings. The van der Waals surface area contributed by atoms with Crippen LogP contribution in [0.5, 0.6) is 0 Å². The van der Waals surface area contributed by atoms with Gasteiger partial charge >= 0.3 is 0 Å². The van der Waals surface area contributed by atoms with Gasteiger partial charge in [-0.3, -0.25) is 0 Å². The molecule has 0 aromatic heterocycles. The lowest BCUT2D eigenvalue weighted by Gasteiger charge is -2.38. The zero-order valence-electron chi connectivity index (χ0n) is 11.4. The molecule has 104 valence electrons. The van der Waals surface area contributed by atoms with Crippen LogP contribution in [-0.2, 0) is 9.47 Å². The fraction of sp³-hybridized carbons (Fsp3) is 0.643. The summed E-state index contributed by atoms with van der Waals surface area (Å²) in [7, 11) is 0. The summed E-state index contributed by atoms with van der Waals surface area (Å²) >= 11 is 0. The van der Waals surface area contributed by atoms with Crippen LogP contribution < -0.4 is 0 Å². The van der Waals surface area contributed by atoms with Gasteiger partial charge in [0.2, 0.25) is 0 Å². The van der Waals surface area contributed by atoms with Gasteiger partial charge in [0.05, 0.1) is 19.6 Å². The van der Waals surface area contributed by atoms with Gasteiger partial charge in [-0.05, 0) is 18.6 Å². The molecule has 5 nitrogen and oxygen atoms in total. The molecule has 0 N–H and O–H groups in total. The zero-order valence-corrected chi connectivity index (χ0v) is 11.4. The van der Waals surface area contributed by atoms with Gasteiger partial charge in [-0.15, -0.1) is 0 Å². The fourth-order valence-corrected chi connectivity index (χ4v) is 2.19. The first-order chi connectivity index (χ1) is 9.35. The van der Waals surface area contributed by atoms with E-state index in [0.717, 1.165) is 38.3 Å². The second-order valence-electron chi connectivity index (χ2n) is 4.71. The summed E-state index contributed by atoms with van der Waals surface area (Å²) in [5.74, 6) is 0. The molecular formula is C14H21N3O2. The van der Waals surface area contributed by atoms with E-state index in [9.17, 15) is 0 Å². The van der Waals surface area contributed by atoms with Crippen LogP contribution >= 0.6 is 0 Å². The molecule has 0 bridgehead atoms. The predicted octanol–water partition coefficient (Wildman–Crippen LogP) is 1.98. The second kappa shape index (κ2) is 7.24. The monoisotopic (exact) mass is 263 g/mol. The largest absolute Gasteiger partial charge is 0.375 e. The topological polar surface area (TPSA) is 58.1 Å². The SMILES string of the molecule is CCCCOC1COCCN1C1=CCC(=[N+]=[N-])C=C1. The number of ether oxygens (including phenoxy) is 2. The normalized spacial score (nSPS) is 23.2. The van der Waals surface area contributed by atoms with Crippen molar-refractivity contribution in [1.29, 1.82) is 0 Å². The summed E-state index contributed by atoms with van der Waals surface area (Å²) < 4.78 is 11.4. The minimum absolute atomic E-state index is 0.0104. The Hall–Kier alpha value is -1.42. The van der Waals surface area contributed by atoms with Crippen molar-refractivity contribution >= 4 is 5.71 Å². The van der Waals surface area contributed by atoms with Crippen LogP contribution in [0.3, 0.4) is 0 Å². The average Bonchev–Trinajstić information content (AvgIpc) is 2.48. The molecule has 1 saturated heterocycles. The molecule has 2 rings (SSSR count). The van der Waals surface area contributed by atoms with Gasteiger partial charge in [-0.1, -0.05) is 13.3 Å². The van der Waals surface area contributed by atoms with E-state index in [4.69, 9.17) is 15.0 Å². The second-order valence-corrected chi connectivity index (χ2v) is 4.71. The molecule has 1 aliphatic heterocycles. The molecule has 1 unspecified atom stereocenters. The van der Waals surface area contributed by atoms with Gasteiger partial charge in [0, 0.05) is 24.9 Å². The zero-order chi connectivity index (χ0) is 13.5. The summed E-state index contributed by atoms with van der Waals surface area (Å²) in [6.07, 6.45) is 8.72. The number of hydrogen-bond acceptors (Lipinski definition) is 3. The van der Waals surface area contributed by atoms with E-state index < -0.39 is 0 Å². The summed E-state index contributed by atoms with van der Waals surface area (Å²) in [5.41, 5.74) is 10.5. The molecule has 1 atom stereocenters. The number of rotatable bonds is 5. The van der Waals surface area contributed by atoms with Gasteiger partial charge in [0.15, 0.2) is 6.23 Å². The third-order valence-electron chi connectivity index (χ3n) is 3.32. The van der Waals surface area contributed by atoms with Gasteiger partial charge in [-0.2, -0.15) is 4.79 Å². The molecule has 0 amide bonds. The van der Waals surface area contributed by atoms with Gasteiger partial charge < -0.3 is 19.9 Å². The molecule has 19 heavy (non-hydrogen) atoms. The van der Waals surface area contributed by atoms with Gasteiger partial charge in [0.1, 0.15) is 0 Å². The van der Waals surface area contributed by atoms with Crippen molar-refractivity contribution in [2.24, 2.45) is 0 Å². The minimum Gasteiger partial charge on any atom is -0.375 e. The lowest BCUT2D eigenvalue weighted by molar-refractivity contribution is -0.125. The molecule has 1 aliphatic carbocycles. The third-order valence-corrected chi connectivity index (χ3v) is 3.32. The van der Waals surface area contributed by atoms with E-state index in [2.05, 4.69) is 22.7 Å². The van der Waals surface area contributed by atoms with Crippen molar-refractivity contribution in [2.75, 3.05) is 26.4 Å². The Labute approximate surface area is 114 Å². The molecule has 5 heteroatoms. The van der Waals surface area contributed by atoms with E-state index >= 15 is 0 Å². The quantitative estimate of drug-likeness (QED) is 0.433. The molecule has 0 radical (unpaired) electrons. The molecular weight excluding hydrogens is 242 g/mol. The number of morpholine rings is 1. The molecule has 1 heterocycles. The Kier molecular flexibility index (Phi) is 5.33. The standard InChI is InChI=1S/C14H21N3O2/c1-2-3-9-19-14-11-18-10-8-17(14)13-6-4-12(16-15)5-7-13/h4,6-7,14H,2-3,5,8-11H2,1H3. The van der Waals surface area contributed by atoms with Crippen LogP contribution in [0.1, 0.15) is 26.2 Å². The number of unbranched alkanes of at least 4 members (excludes halogenated alkanes) is 1. The Morgan fingerprint density at radius 2 is 2.42 bits per heavy atom. The van der Waals surface area contributed by atoms with Crippen molar-refractivity contribution in [3.8, 4) is 0 Å². The van der Waals surface area contributed by atoms with E-state index in [1.165, 1.54) is 0 Å². The summed E-state index contributed by atoms with van der Waals surface area (Å²) in [6.45, 7) is 5.08. The maximum atomic E-state index is 8.73. The van der Waals surface area contributed by atoms with Gasteiger partial charge in [-0.25, -0.2) is 0 Å². The highest BCUT2D eigenvalue weighted by Gasteiger charge is 2.25. The van der Waals surface area contributed by atoms with Crippen LogP contribution in [-0.4, -0.2) is 48.0 Å². The summed E-state index contributed by atoms with van der Waals surface area (Å²) in [6, 6.07) is 0. The first kappa shape index (κ1) is 14.0. The molecule has 0 saturated carbocycles. The lowest BCUT2D eigenvalue weighted by atomic mass is 10.1. The Morgan fingerprint density at radius 1 is 1.53 bits per heavy atom. The Balaban J connectivity index is 1.97. The maximum Gasteiger partial charge on any atom is 0.295 e. The van der Waals surface area contributed by atoms with Crippen LogP contribution in [0.4, 0.5) is 0 Å². The van der Waals surface area contributed by atoms with E-state index in [0.29, 0.717) is 18.7 Å². The highest BCUT2D eigenvalue weighted by Crippen LogP contribution is 2.19. The number of allylic oxidation sites excluding steroid dienone is 3. The molecule has 1 fully saturated rings. The van der Waals surface area contributed by atoms with Crippen molar-refractivity contribution in [1.82, 2.24) is 4.90 Å². The Morgan fingerprint density at radius 3 is 3.11 bits per heavy atom. The number of hydrogen-bond donors (Lipinski definition) is 0. The van der Waals surface area contributed by atoms with E-state index in [1.54, 1.807) is 0 Å². The predicted molar refractivity (Wildman–Crippen MR) is 72.6 cm³/mol. The van der Waals surface area contributed by atoms with Crippen molar-refractivity contribution < 1.29 is 14.3 Å². The first-order valence-electron chi connectivity index (χ1n) is 6.90. The Bertz CT molecular complexity index is 411. The van der Waals surface area contributed by atoms with Crippen LogP contribution in [0.2, 0.25) is 0 Å². The third kappa shape index (κ3) is 3.77. The van der Waals surface area contributed by atoms with Crippen LogP contribution in [0, 0.1) is 0 Å². The highest BCUT2D eigenvalue weighted by atomic mass is 16.5. The minimum atomic E-state index is -0.0104. The smallest absolute Gasteiger partial charge is 0.295 e. The fourth-order valence-electron chi connectivity index (χ4n) is 2.19. The summed E-state index contributed by atoms with van der Waals surface area (Å²) in [5, 5.41) is 0. The van der Waals surface area contributed by atoms with Crippen molar-refractivity contribution in [3.05, 3.63) is 29.5 Å². The average molecular weight is 263 g/mol. The van der Waals surface area contributed by atoms with Crippen LogP contribution in [0.25, 0.3) is 5.53 Å². The lowest BCUT2D eigenvalue weighted by Crippen LogP contribution is -2.46. The number of nitrogens with zero attached hydrogens (tertiary/aromatic N) is 3. The van der Waals surface area contributed by atoms with E-state index in [-0.39, 0.29) is 6.23 Å². The summed E-state index contributed by atoms with van der Waals surface area (Å²) in [4.78, 5) is 5.44. The molecule has 2 aliphatic rings. The van der Waals surface area contributed by atoms with Crippen LogP contribution in [0.15, 0.2) is 23.9 Å². The first-order valence-corrected chi connectivity index (χ1v) is 6.90. The van der Waals surface area contributed by atoms with Gasteiger partial charge in [0.25, 0.3) is 5.71 Å². The molecule has 0 spiro atoms.